The van der Waals surface area contributed by atoms with Crippen LogP contribution in [0.2, 0.25) is 0 Å². The quantitative estimate of drug-likeness (QED) is 0.751. The summed E-state index contributed by atoms with van der Waals surface area (Å²) in [5.74, 6) is 1.97. The Kier molecular flexibility index (Phi) is 3.68. The maximum absolute atomic E-state index is 3.56. The van der Waals surface area contributed by atoms with Gasteiger partial charge in [0.25, 0.3) is 0 Å². The Morgan fingerprint density at radius 2 is 2.00 bits per heavy atom. The lowest BCUT2D eigenvalue weighted by Crippen LogP contribution is -2.39. The monoisotopic (exact) mass is 210 g/mol. The number of nitrogens with zero attached hydrogens (tertiary/aromatic N) is 1. The van der Waals surface area contributed by atoms with E-state index in [0.29, 0.717) is 0 Å². The number of hydrogen-bond donors (Lipinski definition) is 1. The normalized spacial score (nSPS) is 38.8. The maximum atomic E-state index is 3.56. The van der Waals surface area contributed by atoms with Gasteiger partial charge in [0, 0.05) is 18.6 Å². The van der Waals surface area contributed by atoms with Gasteiger partial charge in [0.1, 0.15) is 0 Å². The lowest BCUT2D eigenvalue weighted by atomic mass is 9.82. The van der Waals surface area contributed by atoms with Crippen molar-refractivity contribution in [3.8, 4) is 0 Å². The SMILES string of the molecule is CC1CC(C2CCN(C(C)C)C2)CCN1. The van der Waals surface area contributed by atoms with Crippen LogP contribution in [0.25, 0.3) is 0 Å². The van der Waals surface area contributed by atoms with Crippen LogP contribution in [0.1, 0.15) is 40.0 Å². The van der Waals surface area contributed by atoms with Crippen LogP contribution in [0.5, 0.6) is 0 Å². The summed E-state index contributed by atoms with van der Waals surface area (Å²) < 4.78 is 0. The zero-order valence-corrected chi connectivity index (χ0v) is 10.5. The fraction of sp³-hybridized carbons (Fsp3) is 1.00. The molecule has 0 spiro atoms. The number of hydrogen-bond acceptors (Lipinski definition) is 2. The molecule has 3 atom stereocenters. The van der Waals surface area contributed by atoms with Gasteiger partial charge in [0.2, 0.25) is 0 Å². The van der Waals surface area contributed by atoms with Crippen molar-refractivity contribution in [1.82, 2.24) is 10.2 Å². The van der Waals surface area contributed by atoms with Gasteiger partial charge in [-0.25, -0.2) is 0 Å². The first-order chi connectivity index (χ1) is 7.16. The molecule has 2 nitrogen and oxygen atoms in total. The first-order valence-electron chi connectivity index (χ1n) is 6.64. The Morgan fingerprint density at radius 1 is 1.20 bits per heavy atom. The van der Waals surface area contributed by atoms with Gasteiger partial charge in [-0.1, -0.05) is 0 Å². The van der Waals surface area contributed by atoms with Crippen molar-refractivity contribution in [2.45, 2.75) is 52.1 Å². The molecule has 2 saturated heterocycles. The fourth-order valence-corrected chi connectivity index (χ4v) is 3.27. The second kappa shape index (κ2) is 4.84. The van der Waals surface area contributed by atoms with E-state index in [1.54, 1.807) is 0 Å². The van der Waals surface area contributed by atoms with Crippen molar-refractivity contribution in [3.63, 3.8) is 0 Å². The topological polar surface area (TPSA) is 15.3 Å². The van der Waals surface area contributed by atoms with E-state index < -0.39 is 0 Å². The first kappa shape index (κ1) is 11.4. The van der Waals surface area contributed by atoms with Crippen molar-refractivity contribution >= 4 is 0 Å². The number of nitrogens with one attached hydrogen (secondary N) is 1. The summed E-state index contributed by atoms with van der Waals surface area (Å²) >= 11 is 0. The minimum atomic E-state index is 0.745. The van der Waals surface area contributed by atoms with E-state index in [0.717, 1.165) is 23.9 Å². The number of rotatable bonds is 2. The van der Waals surface area contributed by atoms with Gasteiger partial charge >= 0.3 is 0 Å². The Hall–Kier alpha value is -0.0800. The van der Waals surface area contributed by atoms with Gasteiger partial charge < -0.3 is 10.2 Å². The molecule has 15 heavy (non-hydrogen) atoms. The predicted octanol–water partition coefficient (Wildman–Crippen LogP) is 2.10. The first-order valence-corrected chi connectivity index (χ1v) is 6.64. The summed E-state index contributed by atoms with van der Waals surface area (Å²) in [6.07, 6.45) is 4.24. The minimum Gasteiger partial charge on any atom is -0.314 e. The molecule has 2 fully saturated rings. The van der Waals surface area contributed by atoms with Crippen molar-refractivity contribution < 1.29 is 0 Å². The van der Waals surface area contributed by atoms with Gasteiger partial charge in [-0.2, -0.15) is 0 Å². The van der Waals surface area contributed by atoms with Gasteiger partial charge in [-0.15, -0.1) is 0 Å². The summed E-state index contributed by atoms with van der Waals surface area (Å²) in [5.41, 5.74) is 0. The predicted molar refractivity (Wildman–Crippen MR) is 65.0 cm³/mol. The highest BCUT2D eigenvalue weighted by molar-refractivity contribution is 4.86. The maximum Gasteiger partial charge on any atom is 0.00414 e. The highest BCUT2D eigenvalue weighted by atomic mass is 15.2. The second-order valence-electron chi connectivity index (χ2n) is 5.78. The number of piperidine rings is 1. The highest BCUT2D eigenvalue weighted by Crippen LogP contribution is 2.32. The van der Waals surface area contributed by atoms with E-state index in [-0.39, 0.29) is 0 Å². The molecule has 2 aliphatic rings. The van der Waals surface area contributed by atoms with E-state index in [2.05, 4.69) is 31.0 Å². The third-order valence-corrected chi connectivity index (χ3v) is 4.32. The minimum absolute atomic E-state index is 0.745. The average molecular weight is 210 g/mol. The van der Waals surface area contributed by atoms with Crippen LogP contribution in [0, 0.1) is 11.8 Å². The second-order valence-corrected chi connectivity index (χ2v) is 5.78. The molecule has 3 unspecified atom stereocenters. The summed E-state index contributed by atoms with van der Waals surface area (Å²) in [5, 5.41) is 3.56. The molecule has 1 N–H and O–H groups in total. The molecule has 0 aromatic heterocycles. The molecule has 0 radical (unpaired) electrons. The standard InChI is InChI=1S/C13H26N2/c1-10(2)15-7-5-13(9-15)12-4-6-14-11(3)8-12/h10-14H,4-9H2,1-3H3. The van der Waals surface area contributed by atoms with Crippen molar-refractivity contribution in [3.05, 3.63) is 0 Å². The Morgan fingerprint density at radius 3 is 2.60 bits per heavy atom. The van der Waals surface area contributed by atoms with E-state index in [1.165, 1.54) is 38.9 Å². The van der Waals surface area contributed by atoms with Gasteiger partial charge in [-0.05, 0) is 65.0 Å². The summed E-state index contributed by atoms with van der Waals surface area (Å²) in [6.45, 7) is 10.9. The van der Waals surface area contributed by atoms with Crippen LogP contribution in [0.15, 0.2) is 0 Å². The van der Waals surface area contributed by atoms with Gasteiger partial charge in [0.15, 0.2) is 0 Å². The molecule has 0 bridgehead atoms. The molecule has 0 amide bonds. The molecule has 0 aliphatic carbocycles. The number of likely N-dealkylation sites (tertiary alicyclic amines) is 1. The van der Waals surface area contributed by atoms with E-state index in [9.17, 15) is 0 Å². The Bertz CT molecular complexity index is 203. The molecule has 2 heteroatoms. The van der Waals surface area contributed by atoms with Crippen LogP contribution >= 0.6 is 0 Å². The van der Waals surface area contributed by atoms with Crippen molar-refractivity contribution in [1.29, 1.82) is 0 Å². The molecule has 2 aliphatic heterocycles. The molecule has 0 aromatic rings. The van der Waals surface area contributed by atoms with Gasteiger partial charge in [0.05, 0.1) is 0 Å². The Labute approximate surface area is 94.4 Å². The summed E-state index contributed by atoms with van der Waals surface area (Å²) in [4.78, 5) is 2.65. The van der Waals surface area contributed by atoms with Gasteiger partial charge in [-0.3, -0.25) is 0 Å². The lowest BCUT2D eigenvalue weighted by Gasteiger charge is -2.32. The molecule has 0 saturated carbocycles. The largest absolute Gasteiger partial charge is 0.314 e. The van der Waals surface area contributed by atoms with Crippen molar-refractivity contribution in [2.75, 3.05) is 19.6 Å². The Balaban J connectivity index is 1.84. The van der Waals surface area contributed by atoms with Crippen LogP contribution in [-0.2, 0) is 0 Å². The van der Waals surface area contributed by atoms with E-state index >= 15 is 0 Å². The molecule has 2 rings (SSSR count). The van der Waals surface area contributed by atoms with Crippen LogP contribution in [0.3, 0.4) is 0 Å². The zero-order valence-electron chi connectivity index (χ0n) is 10.5. The lowest BCUT2D eigenvalue weighted by molar-refractivity contribution is 0.206. The fourth-order valence-electron chi connectivity index (χ4n) is 3.27. The molecular formula is C13H26N2. The third kappa shape index (κ3) is 2.73. The molecular weight excluding hydrogens is 184 g/mol. The highest BCUT2D eigenvalue weighted by Gasteiger charge is 2.32. The van der Waals surface area contributed by atoms with E-state index in [1.807, 2.05) is 0 Å². The summed E-state index contributed by atoms with van der Waals surface area (Å²) in [6, 6.07) is 1.49. The van der Waals surface area contributed by atoms with Crippen molar-refractivity contribution in [2.24, 2.45) is 11.8 Å². The summed E-state index contributed by atoms with van der Waals surface area (Å²) in [7, 11) is 0. The average Bonchev–Trinajstić information content (AvgIpc) is 2.66. The smallest absolute Gasteiger partial charge is 0.00414 e. The third-order valence-electron chi connectivity index (χ3n) is 4.32. The zero-order chi connectivity index (χ0) is 10.8. The molecule has 2 heterocycles. The van der Waals surface area contributed by atoms with Crippen LogP contribution < -0.4 is 5.32 Å². The molecule has 88 valence electrons. The van der Waals surface area contributed by atoms with E-state index in [4.69, 9.17) is 0 Å². The van der Waals surface area contributed by atoms with Crippen LogP contribution in [-0.4, -0.2) is 36.6 Å². The van der Waals surface area contributed by atoms with Crippen LogP contribution in [0.4, 0.5) is 0 Å². The molecule has 0 aromatic carbocycles.